The zero-order valence-corrected chi connectivity index (χ0v) is 12.2. The van der Waals surface area contributed by atoms with Gasteiger partial charge in [0.1, 0.15) is 0 Å². The average molecular weight is 312 g/mol. The van der Waals surface area contributed by atoms with Crippen LogP contribution in [0, 0.1) is 0 Å². The minimum absolute atomic E-state index is 0.0387. The predicted octanol–water partition coefficient (Wildman–Crippen LogP) is 3.95. The van der Waals surface area contributed by atoms with Crippen LogP contribution in [0.15, 0.2) is 23.6 Å². The quantitative estimate of drug-likeness (QED) is 0.928. The minimum Gasteiger partial charge on any atom is -0.312 e. The molecule has 2 aromatic rings. The van der Waals surface area contributed by atoms with Crippen LogP contribution >= 0.6 is 11.3 Å². The number of aryl methyl sites for hydroxylation is 1. The van der Waals surface area contributed by atoms with Crippen LogP contribution < -0.4 is 5.32 Å². The van der Waals surface area contributed by atoms with Gasteiger partial charge in [0.25, 0.3) is 0 Å². The summed E-state index contributed by atoms with van der Waals surface area (Å²) in [5.74, 6) is 0. The molecule has 0 amide bonds. The molecular weight excluding hydrogens is 297 g/mol. The Balaban J connectivity index is 1.77. The van der Waals surface area contributed by atoms with E-state index in [0.717, 1.165) is 30.8 Å². The maximum Gasteiger partial charge on any atom is 0.389 e. The molecule has 0 fully saturated rings. The molecule has 0 aliphatic carbocycles. The van der Waals surface area contributed by atoms with E-state index in [4.69, 9.17) is 0 Å². The lowest BCUT2D eigenvalue weighted by Gasteiger charge is -2.17. The Labute approximate surface area is 125 Å². The van der Waals surface area contributed by atoms with E-state index in [9.17, 15) is 13.2 Å². The van der Waals surface area contributed by atoms with Crippen LogP contribution in [-0.4, -0.2) is 17.7 Å². The molecule has 21 heavy (non-hydrogen) atoms. The largest absolute Gasteiger partial charge is 0.389 e. The smallest absolute Gasteiger partial charge is 0.312 e. The number of thiazole rings is 1. The summed E-state index contributed by atoms with van der Waals surface area (Å²) in [6, 6.07) is 6.18. The third kappa shape index (κ3) is 3.63. The van der Waals surface area contributed by atoms with Crippen molar-refractivity contribution in [2.45, 2.75) is 32.0 Å². The van der Waals surface area contributed by atoms with Crippen molar-refractivity contribution < 1.29 is 13.2 Å². The standard InChI is InChI=1S/C15H15F3N2S/c16-15(17,18)5-3-14-20-13(9-21-14)11-1-2-12-8-19-6-4-10(12)7-11/h1-2,7,9,19H,3-6,8H2. The first kappa shape index (κ1) is 14.5. The van der Waals surface area contributed by atoms with Crippen molar-refractivity contribution in [2.75, 3.05) is 6.54 Å². The monoisotopic (exact) mass is 312 g/mol. The number of halogens is 3. The molecule has 0 unspecified atom stereocenters. The first-order valence-electron chi connectivity index (χ1n) is 6.85. The van der Waals surface area contributed by atoms with Crippen LogP contribution in [0.25, 0.3) is 11.3 Å². The van der Waals surface area contributed by atoms with Gasteiger partial charge in [-0.1, -0.05) is 12.1 Å². The van der Waals surface area contributed by atoms with Crippen molar-refractivity contribution in [1.29, 1.82) is 0 Å². The average Bonchev–Trinajstić information content (AvgIpc) is 2.93. The number of rotatable bonds is 3. The van der Waals surface area contributed by atoms with E-state index >= 15 is 0 Å². The SMILES string of the molecule is FC(F)(F)CCc1nc(-c2ccc3c(c2)CCNC3)cs1. The van der Waals surface area contributed by atoms with Crippen molar-refractivity contribution in [2.24, 2.45) is 0 Å². The molecule has 0 bridgehead atoms. The maximum atomic E-state index is 12.2. The van der Waals surface area contributed by atoms with Gasteiger partial charge in [0.05, 0.1) is 10.7 Å². The van der Waals surface area contributed by atoms with Crippen LogP contribution in [-0.2, 0) is 19.4 Å². The Kier molecular flexibility index (Phi) is 3.99. The highest BCUT2D eigenvalue weighted by Crippen LogP contribution is 2.28. The van der Waals surface area contributed by atoms with Crippen molar-refractivity contribution >= 4 is 11.3 Å². The third-order valence-corrected chi connectivity index (χ3v) is 4.47. The zero-order chi connectivity index (χ0) is 14.9. The Morgan fingerprint density at radius 3 is 2.90 bits per heavy atom. The van der Waals surface area contributed by atoms with E-state index in [1.807, 2.05) is 11.4 Å². The van der Waals surface area contributed by atoms with Gasteiger partial charge in [-0.15, -0.1) is 11.3 Å². The Hall–Kier alpha value is -1.40. The summed E-state index contributed by atoms with van der Waals surface area (Å²) < 4.78 is 36.7. The molecule has 6 heteroatoms. The molecule has 1 N–H and O–H groups in total. The number of hydrogen-bond donors (Lipinski definition) is 1. The van der Waals surface area contributed by atoms with Crippen molar-refractivity contribution in [1.82, 2.24) is 10.3 Å². The summed E-state index contributed by atoms with van der Waals surface area (Å²) in [4.78, 5) is 4.34. The fourth-order valence-electron chi connectivity index (χ4n) is 2.44. The predicted molar refractivity (Wildman–Crippen MR) is 77.3 cm³/mol. The normalized spacial score (nSPS) is 15.0. The molecule has 0 spiro atoms. The molecule has 2 nitrogen and oxygen atoms in total. The van der Waals surface area contributed by atoms with Gasteiger partial charge in [-0.2, -0.15) is 13.2 Å². The van der Waals surface area contributed by atoms with Crippen molar-refractivity contribution in [3.05, 3.63) is 39.7 Å². The fraction of sp³-hybridized carbons (Fsp3) is 0.400. The molecule has 0 saturated carbocycles. The highest BCUT2D eigenvalue weighted by Gasteiger charge is 2.27. The first-order valence-corrected chi connectivity index (χ1v) is 7.73. The second kappa shape index (κ2) is 5.77. The van der Waals surface area contributed by atoms with Gasteiger partial charge in [0, 0.05) is 30.3 Å². The minimum atomic E-state index is -4.12. The van der Waals surface area contributed by atoms with E-state index in [2.05, 4.69) is 22.4 Å². The van der Waals surface area contributed by atoms with E-state index in [0.29, 0.717) is 5.01 Å². The number of aromatic nitrogens is 1. The van der Waals surface area contributed by atoms with Crippen LogP contribution in [0.2, 0.25) is 0 Å². The molecule has 0 radical (unpaired) electrons. The van der Waals surface area contributed by atoms with Gasteiger partial charge in [0.15, 0.2) is 0 Å². The molecule has 2 heterocycles. The highest BCUT2D eigenvalue weighted by atomic mass is 32.1. The highest BCUT2D eigenvalue weighted by molar-refractivity contribution is 7.09. The maximum absolute atomic E-state index is 12.2. The van der Waals surface area contributed by atoms with Gasteiger partial charge in [0.2, 0.25) is 0 Å². The van der Waals surface area contributed by atoms with Gasteiger partial charge >= 0.3 is 6.18 Å². The molecule has 0 atom stereocenters. The second-order valence-corrected chi connectivity index (χ2v) is 6.09. The Bertz CT molecular complexity index is 634. The van der Waals surface area contributed by atoms with E-state index in [1.54, 1.807) is 0 Å². The van der Waals surface area contributed by atoms with Crippen LogP contribution in [0.5, 0.6) is 0 Å². The lowest BCUT2D eigenvalue weighted by atomic mass is 9.98. The molecular formula is C15H15F3N2S. The molecule has 3 rings (SSSR count). The molecule has 1 aliphatic rings. The first-order chi connectivity index (χ1) is 10.0. The van der Waals surface area contributed by atoms with Crippen molar-refractivity contribution in [3.8, 4) is 11.3 Å². The summed E-state index contributed by atoms with van der Waals surface area (Å²) in [6.45, 7) is 1.84. The fourth-order valence-corrected chi connectivity index (χ4v) is 3.25. The van der Waals surface area contributed by atoms with Gasteiger partial charge in [-0.3, -0.25) is 0 Å². The summed E-state index contributed by atoms with van der Waals surface area (Å²) in [5, 5.41) is 5.70. The number of alkyl halides is 3. The zero-order valence-electron chi connectivity index (χ0n) is 11.3. The molecule has 0 saturated heterocycles. The molecule has 112 valence electrons. The van der Waals surface area contributed by atoms with Gasteiger partial charge in [-0.25, -0.2) is 4.98 Å². The number of benzene rings is 1. The number of nitrogens with one attached hydrogen (secondary N) is 1. The number of fused-ring (bicyclic) bond motifs is 1. The van der Waals surface area contributed by atoms with Crippen LogP contribution in [0.4, 0.5) is 13.2 Å². The molecule has 1 aromatic carbocycles. The topological polar surface area (TPSA) is 24.9 Å². The van der Waals surface area contributed by atoms with Crippen LogP contribution in [0.1, 0.15) is 22.6 Å². The van der Waals surface area contributed by atoms with Gasteiger partial charge < -0.3 is 5.32 Å². The van der Waals surface area contributed by atoms with Crippen LogP contribution in [0.3, 0.4) is 0 Å². The molecule has 1 aromatic heterocycles. The summed E-state index contributed by atoms with van der Waals surface area (Å²) >= 11 is 1.30. The third-order valence-electron chi connectivity index (χ3n) is 3.56. The van der Waals surface area contributed by atoms with Crippen molar-refractivity contribution in [3.63, 3.8) is 0 Å². The Morgan fingerprint density at radius 1 is 1.24 bits per heavy atom. The number of nitrogens with zero attached hydrogens (tertiary/aromatic N) is 1. The van der Waals surface area contributed by atoms with Gasteiger partial charge in [-0.05, 0) is 30.2 Å². The summed E-state index contributed by atoms with van der Waals surface area (Å²) in [5.41, 5.74) is 4.36. The second-order valence-electron chi connectivity index (χ2n) is 5.15. The summed E-state index contributed by atoms with van der Waals surface area (Å²) in [6.07, 6.45) is -3.99. The van der Waals surface area contributed by atoms with E-state index in [-0.39, 0.29) is 6.42 Å². The lowest BCUT2D eigenvalue weighted by Crippen LogP contribution is -2.23. The number of hydrogen-bond acceptors (Lipinski definition) is 3. The lowest BCUT2D eigenvalue weighted by molar-refractivity contribution is -0.133. The van der Waals surface area contributed by atoms with E-state index < -0.39 is 12.6 Å². The Morgan fingerprint density at radius 2 is 2.10 bits per heavy atom. The molecule has 1 aliphatic heterocycles. The van der Waals surface area contributed by atoms with E-state index in [1.165, 1.54) is 22.5 Å². The summed E-state index contributed by atoms with van der Waals surface area (Å²) in [7, 11) is 0.